The molecule has 6 nitrogen and oxygen atoms in total. The van der Waals surface area contributed by atoms with Crippen LogP contribution in [0.5, 0.6) is 0 Å². The van der Waals surface area contributed by atoms with E-state index < -0.39 is 0 Å². The monoisotopic (exact) mass is 413 g/mol. The van der Waals surface area contributed by atoms with Gasteiger partial charge >= 0.3 is 0 Å². The lowest BCUT2D eigenvalue weighted by atomic mass is 9.96. The van der Waals surface area contributed by atoms with Crippen molar-refractivity contribution >= 4 is 34.7 Å². The molecule has 3 amide bonds. The zero-order chi connectivity index (χ0) is 21.0. The Balaban J connectivity index is 1.58. The molecule has 0 spiro atoms. The minimum Gasteiger partial charge on any atom is -0.337 e. The molecule has 1 fully saturated rings. The summed E-state index contributed by atoms with van der Waals surface area (Å²) in [5.41, 5.74) is 2.77. The van der Waals surface area contributed by atoms with Crippen LogP contribution in [0.4, 0.5) is 5.69 Å². The van der Waals surface area contributed by atoms with Crippen molar-refractivity contribution in [2.75, 3.05) is 32.0 Å². The van der Waals surface area contributed by atoms with E-state index in [-0.39, 0.29) is 30.2 Å². The maximum absolute atomic E-state index is 12.9. The smallest absolute Gasteiger partial charge is 0.263 e. The summed E-state index contributed by atoms with van der Waals surface area (Å²) in [4.78, 5) is 41.9. The number of piperidine rings is 1. The number of amides is 3. The van der Waals surface area contributed by atoms with E-state index in [4.69, 9.17) is 0 Å². The van der Waals surface area contributed by atoms with Crippen LogP contribution in [0.1, 0.15) is 33.6 Å². The Kier molecular flexibility index (Phi) is 6.69. The second-order valence-electron chi connectivity index (χ2n) is 7.58. The fraction of sp³-hybridized carbons (Fsp3) is 0.409. The minimum absolute atomic E-state index is 0.0119. The Morgan fingerprint density at radius 3 is 2.55 bits per heavy atom. The molecule has 1 aromatic heterocycles. The van der Waals surface area contributed by atoms with E-state index >= 15 is 0 Å². The van der Waals surface area contributed by atoms with E-state index in [1.165, 1.54) is 16.2 Å². The number of rotatable bonds is 5. The van der Waals surface area contributed by atoms with Gasteiger partial charge in [0.15, 0.2) is 0 Å². The van der Waals surface area contributed by atoms with Gasteiger partial charge < -0.3 is 15.1 Å². The van der Waals surface area contributed by atoms with Crippen molar-refractivity contribution in [3.63, 3.8) is 0 Å². The van der Waals surface area contributed by atoms with E-state index in [0.717, 1.165) is 29.7 Å². The van der Waals surface area contributed by atoms with Crippen molar-refractivity contribution in [1.82, 2.24) is 9.80 Å². The van der Waals surface area contributed by atoms with Crippen LogP contribution >= 0.6 is 11.3 Å². The van der Waals surface area contributed by atoms with Crippen molar-refractivity contribution in [1.29, 1.82) is 0 Å². The predicted octanol–water partition coefficient (Wildman–Crippen LogP) is 3.31. The number of nitrogens with zero attached hydrogens (tertiary/aromatic N) is 2. The van der Waals surface area contributed by atoms with Crippen LogP contribution in [0.3, 0.4) is 0 Å². The molecule has 0 saturated carbocycles. The summed E-state index contributed by atoms with van der Waals surface area (Å²) < 4.78 is 0. The average molecular weight is 414 g/mol. The summed E-state index contributed by atoms with van der Waals surface area (Å²) in [5, 5.41) is 4.79. The Bertz CT molecular complexity index is 874. The highest BCUT2D eigenvalue weighted by Gasteiger charge is 2.31. The summed E-state index contributed by atoms with van der Waals surface area (Å²) in [6, 6.07) is 9.50. The molecule has 2 heterocycles. The number of likely N-dealkylation sites (N-methyl/N-ethyl adjacent to an activating group) is 1. The number of nitrogens with one attached hydrogen (secondary N) is 1. The van der Waals surface area contributed by atoms with Crippen molar-refractivity contribution in [3.05, 3.63) is 51.7 Å². The lowest BCUT2D eigenvalue weighted by Crippen LogP contribution is -2.47. The van der Waals surface area contributed by atoms with Gasteiger partial charge in [0, 0.05) is 25.8 Å². The number of carbonyl (C=O) groups excluding carboxylic acids is 3. The number of likely N-dealkylation sites (tertiary alicyclic amines) is 1. The van der Waals surface area contributed by atoms with Crippen molar-refractivity contribution in [3.8, 4) is 0 Å². The van der Waals surface area contributed by atoms with Crippen LogP contribution in [0.2, 0.25) is 0 Å². The molecule has 1 saturated heterocycles. The van der Waals surface area contributed by atoms with Crippen molar-refractivity contribution in [2.24, 2.45) is 5.92 Å². The van der Waals surface area contributed by atoms with Crippen LogP contribution < -0.4 is 5.32 Å². The Hall–Kier alpha value is -2.67. The van der Waals surface area contributed by atoms with Gasteiger partial charge in [0.25, 0.3) is 5.91 Å². The lowest BCUT2D eigenvalue weighted by Gasteiger charge is -2.33. The van der Waals surface area contributed by atoms with Gasteiger partial charge in [0.05, 0.1) is 17.3 Å². The molecule has 1 atom stereocenters. The summed E-state index contributed by atoms with van der Waals surface area (Å²) in [6.45, 7) is 4.94. The summed E-state index contributed by atoms with van der Waals surface area (Å²) in [7, 11) is 1.65. The molecule has 29 heavy (non-hydrogen) atoms. The first kappa shape index (κ1) is 21.0. The number of aryl methyl sites for hydroxylation is 2. The molecule has 7 heteroatoms. The normalized spacial score (nSPS) is 16.4. The zero-order valence-electron chi connectivity index (χ0n) is 17.1. The fourth-order valence-corrected chi connectivity index (χ4v) is 4.41. The van der Waals surface area contributed by atoms with Gasteiger partial charge in [-0.05, 0) is 49.3 Å². The third-order valence-electron chi connectivity index (χ3n) is 5.29. The number of hydrogen-bond donors (Lipinski definition) is 1. The molecule has 3 rings (SSSR count). The first-order valence-electron chi connectivity index (χ1n) is 9.80. The molecule has 1 aliphatic heterocycles. The number of para-hydroxylation sites is 1. The summed E-state index contributed by atoms with van der Waals surface area (Å²) >= 11 is 1.41. The SMILES string of the molecule is Cc1cccc(C)c1NC(=O)CN(C)C(=O)[C@H]1CCCN(C(=O)c2cccs2)C1. The van der Waals surface area contributed by atoms with E-state index in [1.54, 1.807) is 11.9 Å². The van der Waals surface area contributed by atoms with E-state index in [9.17, 15) is 14.4 Å². The molecule has 0 unspecified atom stereocenters. The van der Waals surface area contributed by atoms with Crippen LogP contribution in [0.15, 0.2) is 35.7 Å². The average Bonchev–Trinajstić information content (AvgIpc) is 3.24. The lowest BCUT2D eigenvalue weighted by molar-refractivity contribution is -0.138. The van der Waals surface area contributed by atoms with Gasteiger partial charge in [0.2, 0.25) is 11.8 Å². The highest BCUT2D eigenvalue weighted by atomic mass is 32.1. The van der Waals surface area contributed by atoms with E-state index in [1.807, 2.05) is 49.6 Å². The topological polar surface area (TPSA) is 69.7 Å². The van der Waals surface area contributed by atoms with Crippen molar-refractivity contribution in [2.45, 2.75) is 26.7 Å². The molecule has 1 aromatic carbocycles. The number of benzene rings is 1. The number of anilines is 1. The highest BCUT2D eigenvalue weighted by molar-refractivity contribution is 7.12. The standard InChI is InChI=1S/C22H27N3O3S/c1-15-7-4-8-16(2)20(15)23-19(26)14-24(3)21(27)17-9-5-11-25(13-17)22(28)18-10-6-12-29-18/h4,6-8,10,12,17H,5,9,11,13-14H2,1-3H3,(H,23,26)/t17-/m0/s1. The van der Waals surface area contributed by atoms with Gasteiger partial charge in [-0.15, -0.1) is 11.3 Å². The third kappa shape index (κ3) is 5.03. The largest absolute Gasteiger partial charge is 0.337 e. The molecular weight excluding hydrogens is 386 g/mol. The fourth-order valence-electron chi connectivity index (χ4n) is 3.71. The van der Waals surface area contributed by atoms with Crippen LogP contribution in [0, 0.1) is 19.8 Å². The number of hydrogen-bond acceptors (Lipinski definition) is 4. The molecule has 154 valence electrons. The van der Waals surface area contributed by atoms with Gasteiger partial charge in [-0.25, -0.2) is 0 Å². The van der Waals surface area contributed by atoms with E-state index in [2.05, 4.69) is 5.32 Å². The highest BCUT2D eigenvalue weighted by Crippen LogP contribution is 2.22. The Morgan fingerprint density at radius 2 is 1.90 bits per heavy atom. The summed E-state index contributed by atoms with van der Waals surface area (Å²) in [5.74, 6) is -0.607. The van der Waals surface area contributed by atoms with Gasteiger partial charge in [-0.3, -0.25) is 14.4 Å². The first-order valence-corrected chi connectivity index (χ1v) is 10.7. The third-order valence-corrected chi connectivity index (χ3v) is 6.15. The molecule has 0 bridgehead atoms. The number of carbonyl (C=O) groups is 3. The molecule has 1 aliphatic rings. The number of thiophene rings is 1. The molecule has 0 radical (unpaired) electrons. The van der Waals surface area contributed by atoms with Gasteiger partial charge in [-0.2, -0.15) is 0 Å². The maximum Gasteiger partial charge on any atom is 0.263 e. The second kappa shape index (κ2) is 9.22. The van der Waals surface area contributed by atoms with E-state index in [0.29, 0.717) is 18.0 Å². The van der Waals surface area contributed by atoms with Gasteiger partial charge in [0.1, 0.15) is 0 Å². The first-order chi connectivity index (χ1) is 13.9. The van der Waals surface area contributed by atoms with Crippen molar-refractivity contribution < 1.29 is 14.4 Å². The predicted molar refractivity (Wildman–Crippen MR) is 115 cm³/mol. The Labute approximate surface area is 175 Å². The quantitative estimate of drug-likeness (QED) is 0.818. The summed E-state index contributed by atoms with van der Waals surface area (Å²) in [6.07, 6.45) is 1.52. The van der Waals surface area contributed by atoms with Crippen LogP contribution in [0.25, 0.3) is 0 Å². The minimum atomic E-state index is -0.273. The second-order valence-corrected chi connectivity index (χ2v) is 8.52. The molecule has 1 N–H and O–H groups in total. The Morgan fingerprint density at radius 1 is 1.17 bits per heavy atom. The van der Waals surface area contributed by atoms with Crippen LogP contribution in [-0.2, 0) is 9.59 Å². The zero-order valence-corrected chi connectivity index (χ0v) is 17.9. The van der Waals surface area contributed by atoms with Gasteiger partial charge in [-0.1, -0.05) is 24.3 Å². The molecular formula is C22H27N3O3S. The van der Waals surface area contributed by atoms with Crippen LogP contribution in [-0.4, -0.2) is 54.2 Å². The molecule has 2 aromatic rings. The maximum atomic E-state index is 12.9. The molecule has 0 aliphatic carbocycles.